The molecule has 16 heavy (non-hydrogen) atoms. The van der Waals surface area contributed by atoms with Gasteiger partial charge in [-0.05, 0) is 17.5 Å². The molecule has 3 nitrogen and oxygen atoms in total. The first kappa shape index (κ1) is 11.4. The Hall–Kier alpha value is -1.13. The van der Waals surface area contributed by atoms with Crippen LogP contribution in [0.2, 0.25) is 0 Å². The van der Waals surface area contributed by atoms with Crippen molar-refractivity contribution in [2.75, 3.05) is 0 Å². The van der Waals surface area contributed by atoms with E-state index in [2.05, 4.69) is 41.9 Å². The standard InChI is InChI=1S/C12H17N3S/c1-9(2)12(13)10-3-5-15(7-10)8-11-14-4-6-16-11/h3-7,9,12H,8,13H2,1-2H3. The summed E-state index contributed by atoms with van der Waals surface area (Å²) < 4.78 is 2.14. The van der Waals surface area contributed by atoms with E-state index in [1.54, 1.807) is 11.3 Å². The molecule has 2 heterocycles. The molecule has 1 unspecified atom stereocenters. The van der Waals surface area contributed by atoms with Crippen molar-refractivity contribution in [3.05, 3.63) is 40.6 Å². The molecule has 0 spiro atoms. The van der Waals surface area contributed by atoms with Crippen molar-refractivity contribution in [2.45, 2.75) is 26.4 Å². The fraction of sp³-hybridized carbons (Fsp3) is 0.417. The van der Waals surface area contributed by atoms with Crippen molar-refractivity contribution in [3.63, 3.8) is 0 Å². The van der Waals surface area contributed by atoms with E-state index in [9.17, 15) is 0 Å². The van der Waals surface area contributed by atoms with E-state index < -0.39 is 0 Å². The highest BCUT2D eigenvalue weighted by atomic mass is 32.1. The minimum Gasteiger partial charge on any atom is -0.347 e. The highest BCUT2D eigenvalue weighted by molar-refractivity contribution is 7.09. The lowest BCUT2D eigenvalue weighted by Crippen LogP contribution is -2.15. The van der Waals surface area contributed by atoms with Crippen molar-refractivity contribution < 1.29 is 0 Å². The summed E-state index contributed by atoms with van der Waals surface area (Å²) in [5.74, 6) is 0.468. The molecule has 2 aromatic heterocycles. The van der Waals surface area contributed by atoms with Gasteiger partial charge in [-0.25, -0.2) is 4.98 Å². The maximum atomic E-state index is 6.10. The monoisotopic (exact) mass is 235 g/mol. The molecule has 0 aliphatic carbocycles. The lowest BCUT2D eigenvalue weighted by molar-refractivity contribution is 0.513. The van der Waals surface area contributed by atoms with Crippen LogP contribution in [0, 0.1) is 5.92 Å². The zero-order valence-electron chi connectivity index (χ0n) is 9.63. The molecule has 1 atom stereocenters. The molecular formula is C12H17N3S. The fourth-order valence-corrected chi connectivity index (χ4v) is 2.25. The first-order valence-corrected chi connectivity index (χ1v) is 6.34. The van der Waals surface area contributed by atoms with E-state index in [1.165, 1.54) is 5.56 Å². The minimum atomic E-state index is 0.123. The average molecular weight is 235 g/mol. The Morgan fingerprint density at radius 2 is 2.31 bits per heavy atom. The van der Waals surface area contributed by atoms with Crippen molar-refractivity contribution in [1.29, 1.82) is 0 Å². The summed E-state index contributed by atoms with van der Waals surface area (Å²) in [6, 6.07) is 2.22. The summed E-state index contributed by atoms with van der Waals surface area (Å²) in [7, 11) is 0. The van der Waals surface area contributed by atoms with E-state index >= 15 is 0 Å². The molecule has 0 amide bonds. The Bertz CT molecular complexity index is 431. The van der Waals surface area contributed by atoms with E-state index in [-0.39, 0.29) is 6.04 Å². The third-order valence-corrected chi connectivity index (χ3v) is 3.44. The molecule has 0 saturated heterocycles. The summed E-state index contributed by atoms with van der Waals surface area (Å²) in [4.78, 5) is 4.27. The summed E-state index contributed by atoms with van der Waals surface area (Å²) in [5.41, 5.74) is 7.30. The molecule has 0 saturated carbocycles. The van der Waals surface area contributed by atoms with Gasteiger partial charge in [-0.2, -0.15) is 0 Å². The van der Waals surface area contributed by atoms with Gasteiger partial charge in [0.15, 0.2) is 0 Å². The smallest absolute Gasteiger partial charge is 0.112 e. The van der Waals surface area contributed by atoms with Gasteiger partial charge >= 0.3 is 0 Å². The van der Waals surface area contributed by atoms with Crippen molar-refractivity contribution >= 4 is 11.3 Å². The van der Waals surface area contributed by atoms with Crippen LogP contribution in [0.3, 0.4) is 0 Å². The zero-order valence-corrected chi connectivity index (χ0v) is 10.4. The van der Waals surface area contributed by atoms with Crippen LogP contribution in [0.4, 0.5) is 0 Å². The Labute approximate surface area is 99.9 Å². The molecule has 0 aliphatic heterocycles. The van der Waals surface area contributed by atoms with Crippen LogP contribution in [-0.4, -0.2) is 9.55 Å². The topological polar surface area (TPSA) is 43.8 Å². The third kappa shape index (κ3) is 2.51. The number of rotatable bonds is 4. The fourth-order valence-electron chi connectivity index (χ4n) is 1.63. The van der Waals surface area contributed by atoms with Gasteiger partial charge in [0, 0.05) is 30.0 Å². The molecule has 0 bridgehead atoms. The number of aromatic nitrogens is 2. The first-order chi connectivity index (χ1) is 7.66. The summed E-state index contributed by atoms with van der Waals surface area (Å²) in [5, 5.41) is 3.12. The second kappa shape index (κ2) is 4.80. The van der Waals surface area contributed by atoms with E-state index in [0.717, 1.165) is 11.6 Å². The van der Waals surface area contributed by atoms with Crippen LogP contribution in [-0.2, 0) is 6.54 Å². The second-order valence-electron chi connectivity index (χ2n) is 4.31. The van der Waals surface area contributed by atoms with Crippen LogP contribution in [0.5, 0.6) is 0 Å². The number of nitrogens with zero attached hydrogens (tertiary/aromatic N) is 2. The minimum absolute atomic E-state index is 0.123. The van der Waals surface area contributed by atoms with Crippen LogP contribution in [0.1, 0.15) is 30.5 Å². The van der Waals surface area contributed by atoms with E-state index in [1.807, 2.05) is 11.6 Å². The molecule has 0 fully saturated rings. The normalized spacial score (nSPS) is 13.2. The Balaban J connectivity index is 2.08. The molecule has 86 valence electrons. The summed E-state index contributed by atoms with van der Waals surface area (Å²) >= 11 is 1.68. The number of thiazole rings is 1. The van der Waals surface area contributed by atoms with E-state index in [0.29, 0.717) is 5.92 Å². The molecule has 2 rings (SSSR count). The third-order valence-electron chi connectivity index (χ3n) is 2.68. The van der Waals surface area contributed by atoms with Crippen molar-refractivity contribution in [2.24, 2.45) is 11.7 Å². The molecule has 0 aromatic carbocycles. The lowest BCUT2D eigenvalue weighted by atomic mass is 10.00. The largest absolute Gasteiger partial charge is 0.347 e. The lowest BCUT2D eigenvalue weighted by Gasteiger charge is -2.13. The molecule has 2 aromatic rings. The molecule has 4 heteroatoms. The average Bonchev–Trinajstić information content (AvgIpc) is 2.88. The Kier molecular flexibility index (Phi) is 3.41. The van der Waals surface area contributed by atoms with Gasteiger partial charge in [-0.1, -0.05) is 13.8 Å². The Morgan fingerprint density at radius 1 is 1.50 bits per heavy atom. The van der Waals surface area contributed by atoms with Crippen LogP contribution < -0.4 is 5.73 Å². The molecule has 2 N–H and O–H groups in total. The van der Waals surface area contributed by atoms with Crippen LogP contribution in [0.15, 0.2) is 30.0 Å². The van der Waals surface area contributed by atoms with Gasteiger partial charge in [0.05, 0.1) is 6.54 Å². The molecule has 0 radical (unpaired) electrons. The molecule has 0 aliphatic rings. The number of nitrogens with two attached hydrogens (primary N) is 1. The van der Waals surface area contributed by atoms with Gasteiger partial charge in [0.2, 0.25) is 0 Å². The second-order valence-corrected chi connectivity index (χ2v) is 5.29. The van der Waals surface area contributed by atoms with E-state index in [4.69, 9.17) is 5.73 Å². The van der Waals surface area contributed by atoms with Gasteiger partial charge in [-0.3, -0.25) is 0 Å². The van der Waals surface area contributed by atoms with Gasteiger partial charge in [0.25, 0.3) is 0 Å². The van der Waals surface area contributed by atoms with Crippen LogP contribution in [0.25, 0.3) is 0 Å². The number of hydrogen-bond acceptors (Lipinski definition) is 3. The highest BCUT2D eigenvalue weighted by Gasteiger charge is 2.11. The Morgan fingerprint density at radius 3 is 2.94 bits per heavy atom. The maximum Gasteiger partial charge on any atom is 0.112 e. The summed E-state index contributed by atoms with van der Waals surface area (Å²) in [6.07, 6.45) is 6.02. The quantitative estimate of drug-likeness (QED) is 0.885. The number of hydrogen-bond donors (Lipinski definition) is 1. The SMILES string of the molecule is CC(C)C(N)c1ccn(Cc2nccs2)c1. The van der Waals surface area contributed by atoms with Gasteiger partial charge in [0.1, 0.15) is 5.01 Å². The first-order valence-electron chi connectivity index (χ1n) is 5.46. The zero-order chi connectivity index (χ0) is 11.5. The van der Waals surface area contributed by atoms with Crippen molar-refractivity contribution in [3.8, 4) is 0 Å². The predicted molar refractivity (Wildman–Crippen MR) is 67.4 cm³/mol. The van der Waals surface area contributed by atoms with Crippen molar-refractivity contribution in [1.82, 2.24) is 9.55 Å². The van der Waals surface area contributed by atoms with Gasteiger partial charge in [-0.15, -0.1) is 11.3 Å². The van der Waals surface area contributed by atoms with Crippen LogP contribution >= 0.6 is 11.3 Å². The van der Waals surface area contributed by atoms with Gasteiger partial charge < -0.3 is 10.3 Å². The maximum absolute atomic E-state index is 6.10. The predicted octanol–water partition coefficient (Wildman–Crippen LogP) is 2.65. The molecular weight excluding hydrogens is 218 g/mol. The highest BCUT2D eigenvalue weighted by Crippen LogP contribution is 2.19. The summed E-state index contributed by atoms with van der Waals surface area (Å²) in [6.45, 7) is 5.12.